The van der Waals surface area contributed by atoms with Crippen LogP contribution in [0, 0.1) is 0 Å². The highest BCUT2D eigenvalue weighted by Crippen LogP contribution is 2.20. The number of nitrogens with zero attached hydrogens (tertiary/aromatic N) is 1. The van der Waals surface area contributed by atoms with Crippen LogP contribution in [0.15, 0.2) is 65.3 Å². The van der Waals surface area contributed by atoms with Crippen LogP contribution in [0.5, 0.6) is 5.75 Å². The Bertz CT molecular complexity index is 748. The lowest BCUT2D eigenvalue weighted by molar-refractivity contribution is -0.136. The van der Waals surface area contributed by atoms with Crippen LogP contribution in [0.4, 0.5) is 0 Å². The third kappa shape index (κ3) is 3.23. The van der Waals surface area contributed by atoms with E-state index in [2.05, 4.69) is 9.99 Å². The fraction of sp³-hybridized carbons (Fsp3) is 0.111. The number of carbonyl (C=O) groups excluding carboxylic acids is 1. The van der Waals surface area contributed by atoms with E-state index >= 15 is 0 Å². The summed E-state index contributed by atoms with van der Waals surface area (Å²) in [5.41, 5.74) is 3.03. The van der Waals surface area contributed by atoms with Crippen molar-refractivity contribution in [3.8, 4) is 5.75 Å². The summed E-state index contributed by atoms with van der Waals surface area (Å²) in [5.74, 6) is 0.326. The van der Waals surface area contributed by atoms with Crippen LogP contribution in [0.25, 0.3) is 6.08 Å². The highest BCUT2D eigenvalue weighted by Gasteiger charge is 2.21. The third-order valence-corrected chi connectivity index (χ3v) is 3.29. The molecule has 0 N–H and O–H groups in total. The van der Waals surface area contributed by atoms with Crippen molar-refractivity contribution in [2.45, 2.75) is 13.5 Å². The number of hydrogen-bond acceptors (Lipinski definition) is 4. The molecule has 4 heteroatoms. The number of rotatable bonds is 4. The summed E-state index contributed by atoms with van der Waals surface area (Å²) in [6, 6.07) is 17.5. The molecule has 0 bridgehead atoms. The Morgan fingerprint density at radius 3 is 2.68 bits per heavy atom. The van der Waals surface area contributed by atoms with Gasteiger partial charge in [-0.05, 0) is 36.3 Å². The molecular weight excluding hydrogens is 278 g/mol. The monoisotopic (exact) mass is 293 g/mol. The summed E-state index contributed by atoms with van der Waals surface area (Å²) in [6.45, 7) is 2.25. The van der Waals surface area contributed by atoms with E-state index in [1.54, 1.807) is 13.0 Å². The predicted octanol–water partition coefficient (Wildman–Crippen LogP) is 3.58. The Morgan fingerprint density at radius 2 is 1.95 bits per heavy atom. The molecule has 0 spiro atoms. The third-order valence-electron chi connectivity index (χ3n) is 3.29. The van der Waals surface area contributed by atoms with Crippen LogP contribution >= 0.6 is 0 Å². The second-order valence-electron chi connectivity index (χ2n) is 4.96. The summed E-state index contributed by atoms with van der Waals surface area (Å²) in [6.07, 6.45) is 1.75. The number of carbonyl (C=O) groups is 1. The zero-order valence-corrected chi connectivity index (χ0v) is 12.2. The number of ether oxygens (including phenoxy) is 1. The molecule has 0 radical (unpaired) electrons. The summed E-state index contributed by atoms with van der Waals surface area (Å²) in [4.78, 5) is 16.2. The van der Waals surface area contributed by atoms with E-state index in [9.17, 15) is 4.79 Å². The largest absolute Gasteiger partial charge is 0.489 e. The molecule has 22 heavy (non-hydrogen) atoms. The number of hydrogen-bond donors (Lipinski definition) is 0. The molecule has 0 amide bonds. The molecule has 0 unspecified atom stereocenters. The average Bonchev–Trinajstić information content (AvgIpc) is 2.86. The lowest BCUT2D eigenvalue weighted by Gasteiger charge is -2.07. The second-order valence-corrected chi connectivity index (χ2v) is 4.96. The van der Waals surface area contributed by atoms with E-state index in [1.165, 1.54) is 0 Å². The summed E-state index contributed by atoms with van der Waals surface area (Å²) < 4.78 is 5.78. The molecule has 0 atom stereocenters. The Hall–Kier alpha value is -2.88. The predicted molar refractivity (Wildman–Crippen MR) is 84.4 cm³/mol. The van der Waals surface area contributed by atoms with E-state index in [1.807, 2.05) is 54.6 Å². The summed E-state index contributed by atoms with van der Waals surface area (Å²) in [5, 5.41) is 3.66. The average molecular weight is 293 g/mol. The van der Waals surface area contributed by atoms with E-state index in [4.69, 9.17) is 4.74 Å². The lowest BCUT2D eigenvalue weighted by atomic mass is 10.1. The van der Waals surface area contributed by atoms with Gasteiger partial charge in [0.2, 0.25) is 0 Å². The summed E-state index contributed by atoms with van der Waals surface area (Å²) >= 11 is 0. The maximum atomic E-state index is 11.5. The van der Waals surface area contributed by atoms with Gasteiger partial charge in [-0.25, -0.2) is 4.79 Å². The minimum atomic E-state index is -0.423. The van der Waals surface area contributed by atoms with Crippen LogP contribution in [0.2, 0.25) is 0 Å². The van der Waals surface area contributed by atoms with Crippen LogP contribution in [-0.4, -0.2) is 11.7 Å². The quantitative estimate of drug-likeness (QED) is 0.639. The highest BCUT2D eigenvalue weighted by molar-refractivity contribution is 6.24. The van der Waals surface area contributed by atoms with Gasteiger partial charge in [-0.3, -0.25) is 0 Å². The maximum absolute atomic E-state index is 11.5. The van der Waals surface area contributed by atoms with Crippen molar-refractivity contribution in [1.82, 2.24) is 0 Å². The van der Waals surface area contributed by atoms with Gasteiger partial charge in [0.1, 0.15) is 12.4 Å². The molecule has 1 aliphatic heterocycles. The minimum Gasteiger partial charge on any atom is -0.489 e. The van der Waals surface area contributed by atoms with Gasteiger partial charge in [0, 0.05) is 0 Å². The molecule has 3 rings (SSSR count). The van der Waals surface area contributed by atoms with Crippen molar-refractivity contribution in [3.05, 3.63) is 71.3 Å². The minimum absolute atomic E-state index is 0.423. The smallest absolute Gasteiger partial charge is 0.367 e. The molecule has 2 aromatic carbocycles. The fourth-order valence-electron chi connectivity index (χ4n) is 2.12. The first kappa shape index (κ1) is 14.1. The first-order valence-corrected chi connectivity index (χ1v) is 6.97. The van der Waals surface area contributed by atoms with Crippen molar-refractivity contribution in [3.63, 3.8) is 0 Å². The molecule has 1 heterocycles. The second kappa shape index (κ2) is 6.26. The maximum Gasteiger partial charge on any atom is 0.367 e. The van der Waals surface area contributed by atoms with Gasteiger partial charge in [0.15, 0.2) is 0 Å². The van der Waals surface area contributed by atoms with E-state index in [0.29, 0.717) is 17.9 Å². The van der Waals surface area contributed by atoms with Gasteiger partial charge in [0.05, 0.1) is 11.3 Å². The normalized spacial score (nSPS) is 15.6. The molecule has 1 aliphatic rings. The SMILES string of the molecule is CC1=NOC(=O)/C1=C\c1cccc(OCc2ccccc2)c1. The standard InChI is InChI=1S/C18H15NO3/c1-13-17(18(20)22-19-13)11-15-8-5-9-16(10-15)21-12-14-6-3-2-4-7-14/h2-11H,12H2,1H3/b17-11-. The van der Waals surface area contributed by atoms with Gasteiger partial charge in [0.25, 0.3) is 0 Å². The molecule has 0 saturated carbocycles. The molecule has 2 aromatic rings. The van der Waals surface area contributed by atoms with Crippen LogP contribution in [-0.2, 0) is 16.2 Å². The number of oxime groups is 1. The van der Waals surface area contributed by atoms with E-state index in [0.717, 1.165) is 16.9 Å². The lowest BCUT2D eigenvalue weighted by Crippen LogP contribution is -2.01. The van der Waals surface area contributed by atoms with Gasteiger partial charge in [-0.2, -0.15) is 0 Å². The van der Waals surface area contributed by atoms with Crippen LogP contribution in [0.3, 0.4) is 0 Å². The molecule has 110 valence electrons. The zero-order valence-electron chi connectivity index (χ0n) is 12.2. The topological polar surface area (TPSA) is 47.9 Å². The van der Waals surface area contributed by atoms with Crippen molar-refractivity contribution in [2.75, 3.05) is 0 Å². The molecule has 4 nitrogen and oxygen atoms in total. The van der Waals surface area contributed by atoms with Crippen molar-refractivity contribution >= 4 is 17.8 Å². The van der Waals surface area contributed by atoms with Gasteiger partial charge in [-0.15, -0.1) is 0 Å². The van der Waals surface area contributed by atoms with Crippen LogP contribution in [0.1, 0.15) is 18.1 Å². The summed E-state index contributed by atoms with van der Waals surface area (Å²) in [7, 11) is 0. The number of benzene rings is 2. The Labute approximate surface area is 128 Å². The van der Waals surface area contributed by atoms with Gasteiger partial charge < -0.3 is 9.57 Å². The molecule has 0 aliphatic carbocycles. The van der Waals surface area contributed by atoms with Crippen molar-refractivity contribution in [1.29, 1.82) is 0 Å². The molecule has 0 aromatic heterocycles. The van der Waals surface area contributed by atoms with Crippen molar-refractivity contribution in [2.24, 2.45) is 5.16 Å². The molecule has 0 fully saturated rings. The zero-order chi connectivity index (χ0) is 15.4. The molecule has 0 saturated heterocycles. The van der Waals surface area contributed by atoms with Crippen LogP contribution < -0.4 is 4.74 Å². The highest BCUT2D eigenvalue weighted by atomic mass is 16.7. The van der Waals surface area contributed by atoms with Gasteiger partial charge in [-0.1, -0.05) is 47.6 Å². The van der Waals surface area contributed by atoms with E-state index < -0.39 is 5.97 Å². The van der Waals surface area contributed by atoms with E-state index in [-0.39, 0.29) is 0 Å². The van der Waals surface area contributed by atoms with Crippen molar-refractivity contribution < 1.29 is 14.4 Å². The first-order valence-electron chi connectivity index (χ1n) is 6.97. The Kier molecular flexibility index (Phi) is 4.01. The van der Waals surface area contributed by atoms with Gasteiger partial charge >= 0.3 is 5.97 Å². The Morgan fingerprint density at radius 1 is 1.14 bits per heavy atom. The molecular formula is C18H15NO3. The first-order chi connectivity index (χ1) is 10.7. The fourth-order valence-corrected chi connectivity index (χ4v) is 2.12. The Balaban J connectivity index is 1.74.